The van der Waals surface area contributed by atoms with E-state index in [1.165, 1.54) is 0 Å². The highest BCUT2D eigenvalue weighted by molar-refractivity contribution is 6.05. The number of hydrogen-bond acceptors (Lipinski definition) is 4. The second-order valence-corrected chi connectivity index (χ2v) is 8.62. The summed E-state index contributed by atoms with van der Waals surface area (Å²) in [6.45, 7) is 6.48. The molecule has 3 rings (SSSR count). The molecule has 1 aromatic carbocycles. The summed E-state index contributed by atoms with van der Waals surface area (Å²) in [7, 11) is 0. The summed E-state index contributed by atoms with van der Waals surface area (Å²) >= 11 is 0. The highest BCUT2D eigenvalue weighted by atomic mass is 16.2. The number of nitrogens with one attached hydrogen (secondary N) is 1. The van der Waals surface area contributed by atoms with Gasteiger partial charge in [-0.25, -0.2) is 0 Å². The molecule has 0 aromatic heterocycles. The summed E-state index contributed by atoms with van der Waals surface area (Å²) in [5, 5.41) is 2.31. The number of Topliss-reactive ketones (excluding diaryl/α,β-unsaturated/α-hetero) is 1. The molecule has 1 saturated heterocycles. The van der Waals surface area contributed by atoms with Crippen LogP contribution in [-0.2, 0) is 27.3 Å². The number of piperidine rings is 1. The molecule has 0 aliphatic carbocycles. The third kappa shape index (κ3) is 4.26. The Hall–Kier alpha value is -2.50. The Bertz CT molecular complexity index is 807. The lowest BCUT2D eigenvalue weighted by Crippen LogP contribution is -2.52. The third-order valence-corrected chi connectivity index (χ3v) is 5.08. The van der Waals surface area contributed by atoms with Crippen molar-refractivity contribution in [1.29, 1.82) is 0 Å². The quantitative estimate of drug-likeness (QED) is 0.807. The van der Waals surface area contributed by atoms with Gasteiger partial charge in [0, 0.05) is 31.4 Å². The minimum atomic E-state index is -0.613. The van der Waals surface area contributed by atoms with Gasteiger partial charge in [-0.05, 0) is 35.4 Å². The molecule has 0 spiro atoms. The number of carbonyl (C=O) groups excluding carboxylic acids is 4. The molecule has 0 saturated carbocycles. The minimum absolute atomic E-state index is 0.0335. The van der Waals surface area contributed by atoms with Crippen LogP contribution in [-0.4, -0.2) is 34.4 Å². The fourth-order valence-corrected chi connectivity index (χ4v) is 3.84. The molecule has 2 heterocycles. The molecule has 1 atom stereocenters. The second kappa shape index (κ2) is 7.25. The predicted molar refractivity (Wildman–Crippen MR) is 99.9 cm³/mol. The van der Waals surface area contributed by atoms with E-state index in [2.05, 4.69) is 5.32 Å². The summed E-state index contributed by atoms with van der Waals surface area (Å²) in [4.78, 5) is 50.1. The number of benzene rings is 1. The zero-order valence-corrected chi connectivity index (χ0v) is 16.1. The van der Waals surface area contributed by atoms with Gasteiger partial charge in [0.05, 0.1) is 0 Å². The summed E-state index contributed by atoms with van der Waals surface area (Å²) in [6.07, 6.45) is 2.16. The summed E-state index contributed by atoms with van der Waals surface area (Å²) in [5.74, 6) is -0.665. The zero-order valence-electron chi connectivity index (χ0n) is 16.1. The molecule has 0 radical (unpaired) electrons. The molecule has 6 heteroatoms. The van der Waals surface area contributed by atoms with E-state index in [0.717, 1.165) is 11.1 Å². The lowest BCUT2D eigenvalue weighted by atomic mass is 9.88. The van der Waals surface area contributed by atoms with Crippen LogP contribution >= 0.6 is 0 Å². The van der Waals surface area contributed by atoms with Crippen molar-refractivity contribution < 1.29 is 19.2 Å². The van der Waals surface area contributed by atoms with Gasteiger partial charge in [0.1, 0.15) is 11.8 Å². The fourth-order valence-electron chi connectivity index (χ4n) is 3.84. The Balaban J connectivity index is 1.73. The van der Waals surface area contributed by atoms with Crippen LogP contribution in [0.5, 0.6) is 0 Å². The normalized spacial score (nSPS) is 19.9. The minimum Gasteiger partial charge on any atom is -0.322 e. The van der Waals surface area contributed by atoms with Crippen molar-refractivity contribution in [2.75, 3.05) is 0 Å². The SMILES string of the molecule is CC(C)(C)CC(=O)CCc1cccc2c1CN(C1CCC(=O)NC1=O)C2=O. The van der Waals surface area contributed by atoms with E-state index < -0.39 is 11.9 Å². The van der Waals surface area contributed by atoms with Crippen molar-refractivity contribution in [3.63, 3.8) is 0 Å². The standard InChI is InChI=1S/C21H26N2O4/c1-21(2,3)11-14(24)8-7-13-5-4-6-15-16(13)12-23(20(15)27)17-9-10-18(25)22-19(17)26/h4-6,17H,7-12H2,1-3H3,(H,22,25,26). The number of carbonyl (C=O) groups is 4. The summed E-state index contributed by atoms with van der Waals surface area (Å²) < 4.78 is 0. The lowest BCUT2D eigenvalue weighted by molar-refractivity contribution is -0.137. The molecule has 1 unspecified atom stereocenters. The maximum atomic E-state index is 12.8. The van der Waals surface area contributed by atoms with Crippen LogP contribution in [0.4, 0.5) is 0 Å². The van der Waals surface area contributed by atoms with Gasteiger partial charge in [-0.15, -0.1) is 0 Å². The topological polar surface area (TPSA) is 83.6 Å². The van der Waals surface area contributed by atoms with Gasteiger partial charge in [0.15, 0.2) is 0 Å². The average molecular weight is 370 g/mol. The van der Waals surface area contributed by atoms with Crippen molar-refractivity contribution >= 4 is 23.5 Å². The van der Waals surface area contributed by atoms with Gasteiger partial charge in [0.25, 0.3) is 5.91 Å². The van der Waals surface area contributed by atoms with E-state index in [0.29, 0.717) is 37.8 Å². The van der Waals surface area contributed by atoms with Gasteiger partial charge in [-0.3, -0.25) is 24.5 Å². The van der Waals surface area contributed by atoms with Crippen LogP contribution in [0.1, 0.15) is 67.9 Å². The van der Waals surface area contributed by atoms with Crippen molar-refractivity contribution in [3.05, 3.63) is 34.9 Å². The van der Waals surface area contributed by atoms with Crippen LogP contribution in [0.25, 0.3) is 0 Å². The molecule has 3 amide bonds. The fraction of sp³-hybridized carbons (Fsp3) is 0.524. The molecule has 0 bridgehead atoms. The number of rotatable bonds is 5. The van der Waals surface area contributed by atoms with E-state index in [-0.39, 0.29) is 29.4 Å². The number of imide groups is 1. The van der Waals surface area contributed by atoms with Gasteiger partial charge in [-0.1, -0.05) is 32.9 Å². The Morgan fingerprint density at radius 1 is 1.22 bits per heavy atom. The van der Waals surface area contributed by atoms with Crippen LogP contribution in [0, 0.1) is 5.41 Å². The summed E-state index contributed by atoms with van der Waals surface area (Å²) in [5.41, 5.74) is 2.45. The van der Waals surface area contributed by atoms with Gasteiger partial charge in [0.2, 0.25) is 11.8 Å². The predicted octanol–water partition coefficient (Wildman–Crippen LogP) is 2.39. The van der Waals surface area contributed by atoms with Crippen molar-refractivity contribution in [2.45, 2.75) is 65.5 Å². The number of nitrogens with zero attached hydrogens (tertiary/aromatic N) is 1. The Labute approximate surface area is 159 Å². The van der Waals surface area contributed by atoms with Crippen LogP contribution < -0.4 is 5.32 Å². The van der Waals surface area contributed by atoms with Crippen molar-refractivity contribution in [2.24, 2.45) is 5.41 Å². The number of aryl methyl sites for hydroxylation is 1. The maximum Gasteiger partial charge on any atom is 0.255 e. The number of fused-ring (bicyclic) bond motifs is 1. The van der Waals surface area contributed by atoms with Gasteiger partial charge in [-0.2, -0.15) is 0 Å². The average Bonchev–Trinajstić information content (AvgIpc) is 2.89. The molecule has 1 N–H and O–H groups in total. The van der Waals surface area contributed by atoms with Gasteiger partial charge >= 0.3 is 0 Å². The smallest absolute Gasteiger partial charge is 0.255 e. The Kier molecular flexibility index (Phi) is 5.18. The molecule has 2 aliphatic rings. The number of amides is 3. The molecular weight excluding hydrogens is 344 g/mol. The first-order valence-corrected chi connectivity index (χ1v) is 9.43. The highest BCUT2D eigenvalue weighted by Gasteiger charge is 2.39. The lowest BCUT2D eigenvalue weighted by Gasteiger charge is -2.29. The van der Waals surface area contributed by atoms with E-state index in [4.69, 9.17) is 0 Å². The zero-order chi connectivity index (χ0) is 19.8. The van der Waals surface area contributed by atoms with Crippen LogP contribution in [0.2, 0.25) is 0 Å². The largest absolute Gasteiger partial charge is 0.322 e. The molecule has 2 aliphatic heterocycles. The highest BCUT2D eigenvalue weighted by Crippen LogP contribution is 2.30. The van der Waals surface area contributed by atoms with Crippen molar-refractivity contribution in [3.8, 4) is 0 Å². The van der Waals surface area contributed by atoms with Crippen LogP contribution in [0.3, 0.4) is 0 Å². The first-order valence-electron chi connectivity index (χ1n) is 9.43. The number of hydrogen-bond donors (Lipinski definition) is 1. The molecule has 1 aromatic rings. The van der Waals surface area contributed by atoms with E-state index in [1.54, 1.807) is 11.0 Å². The maximum absolute atomic E-state index is 12.8. The second-order valence-electron chi connectivity index (χ2n) is 8.62. The third-order valence-electron chi connectivity index (χ3n) is 5.08. The Morgan fingerprint density at radius 3 is 2.63 bits per heavy atom. The van der Waals surface area contributed by atoms with E-state index in [9.17, 15) is 19.2 Å². The van der Waals surface area contributed by atoms with E-state index >= 15 is 0 Å². The Morgan fingerprint density at radius 2 is 1.96 bits per heavy atom. The van der Waals surface area contributed by atoms with Gasteiger partial charge < -0.3 is 4.90 Å². The van der Waals surface area contributed by atoms with Crippen molar-refractivity contribution in [1.82, 2.24) is 10.2 Å². The monoisotopic (exact) mass is 370 g/mol. The summed E-state index contributed by atoms with van der Waals surface area (Å²) in [6, 6.07) is 4.93. The first kappa shape index (κ1) is 19.3. The van der Waals surface area contributed by atoms with E-state index in [1.807, 2.05) is 32.9 Å². The van der Waals surface area contributed by atoms with Crippen LogP contribution in [0.15, 0.2) is 18.2 Å². The molecule has 6 nitrogen and oxygen atoms in total. The first-order chi connectivity index (χ1) is 12.7. The molecular formula is C21H26N2O4. The molecule has 27 heavy (non-hydrogen) atoms. The number of ketones is 1. The molecule has 144 valence electrons. The molecule has 1 fully saturated rings.